The lowest BCUT2D eigenvalue weighted by Gasteiger charge is -2.09. The summed E-state index contributed by atoms with van der Waals surface area (Å²) < 4.78 is 0. The summed E-state index contributed by atoms with van der Waals surface area (Å²) in [4.78, 5) is 0. The predicted octanol–water partition coefficient (Wildman–Crippen LogP) is 3.05. The highest BCUT2D eigenvalue weighted by Crippen LogP contribution is 2.21. The number of nitrogens with zero attached hydrogens (tertiary/aromatic N) is 1. The highest BCUT2D eigenvalue weighted by molar-refractivity contribution is 5.82. The number of nitriles is 1. The van der Waals surface area contributed by atoms with E-state index in [-0.39, 0.29) is 0 Å². The second-order valence-corrected chi connectivity index (χ2v) is 3.06. The van der Waals surface area contributed by atoms with Crippen molar-refractivity contribution >= 4 is 11.3 Å². The van der Waals surface area contributed by atoms with Crippen LogP contribution in [0.1, 0.15) is 18.9 Å². The molecule has 0 aliphatic heterocycles. The van der Waals surface area contributed by atoms with Crippen LogP contribution in [0.25, 0.3) is 5.57 Å². The Kier molecular flexibility index (Phi) is 3.75. The summed E-state index contributed by atoms with van der Waals surface area (Å²) in [6, 6.07) is 9.80. The van der Waals surface area contributed by atoms with E-state index in [0.29, 0.717) is 5.57 Å². The Bertz CT molecular complexity index is 361. The highest BCUT2D eigenvalue weighted by Gasteiger charge is 2.03. The molecule has 0 atom stereocenters. The molecule has 2 nitrogen and oxygen atoms in total. The van der Waals surface area contributed by atoms with E-state index in [1.165, 1.54) is 0 Å². The van der Waals surface area contributed by atoms with Crippen molar-refractivity contribution in [2.45, 2.75) is 13.3 Å². The molecule has 0 fully saturated rings. The van der Waals surface area contributed by atoms with Gasteiger partial charge in [0.1, 0.15) is 0 Å². The van der Waals surface area contributed by atoms with Crippen molar-refractivity contribution in [2.75, 3.05) is 11.9 Å². The van der Waals surface area contributed by atoms with Gasteiger partial charge in [-0.05, 0) is 12.5 Å². The van der Waals surface area contributed by atoms with Crippen LogP contribution in [0.15, 0.2) is 30.8 Å². The normalized spacial score (nSPS) is 9.14. The minimum Gasteiger partial charge on any atom is -0.385 e. The molecule has 0 aliphatic rings. The third-order valence-electron chi connectivity index (χ3n) is 1.95. The monoisotopic (exact) mass is 186 g/mol. The predicted molar refractivity (Wildman–Crippen MR) is 59.9 cm³/mol. The molecule has 0 amide bonds. The number of benzene rings is 1. The first-order valence-electron chi connectivity index (χ1n) is 4.72. The Hall–Kier alpha value is -1.75. The van der Waals surface area contributed by atoms with E-state index in [9.17, 15) is 0 Å². The Labute approximate surface area is 84.9 Å². The minimum absolute atomic E-state index is 0.504. The first kappa shape index (κ1) is 10.3. The SMILES string of the molecule is C=C(C#N)c1ccccc1NCCC. The van der Waals surface area contributed by atoms with Crippen molar-refractivity contribution in [2.24, 2.45) is 0 Å². The van der Waals surface area contributed by atoms with E-state index >= 15 is 0 Å². The van der Waals surface area contributed by atoms with Crippen LogP contribution in [0.3, 0.4) is 0 Å². The lowest BCUT2D eigenvalue weighted by Crippen LogP contribution is -2.01. The third-order valence-corrected chi connectivity index (χ3v) is 1.95. The number of hydrogen-bond acceptors (Lipinski definition) is 2. The van der Waals surface area contributed by atoms with Gasteiger partial charge in [-0.2, -0.15) is 5.26 Å². The van der Waals surface area contributed by atoms with E-state index in [4.69, 9.17) is 5.26 Å². The van der Waals surface area contributed by atoms with Crippen LogP contribution in [-0.2, 0) is 0 Å². The van der Waals surface area contributed by atoms with Gasteiger partial charge < -0.3 is 5.32 Å². The lowest BCUT2D eigenvalue weighted by molar-refractivity contribution is 0.979. The number of hydrogen-bond donors (Lipinski definition) is 1. The van der Waals surface area contributed by atoms with Gasteiger partial charge in [0.25, 0.3) is 0 Å². The van der Waals surface area contributed by atoms with E-state index in [1.807, 2.05) is 24.3 Å². The fraction of sp³-hybridized carbons (Fsp3) is 0.250. The van der Waals surface area contributed by atoms with Crippen LogP contribution in [0.5, 0.6) is 0 Å². The van der Waals surface area contributed by atoms with Crippen molar-refractivity contribution in [1.82, 2.24) is 0 Å². The number of anilines is 1. The first-order chi connectivity index (χ1) is 6.79. The van der Waals surface area contributed by atoms with Gasteiger partial charge in [-0.25, -0.2) is 0 Å². The minimum atomic E-state index is 0.504. The van der Waals surface area contributed by atoms with Gasteiger partial charge in [0.2, 0.25) is 0 Å². The number of para-hydroxylation sites is 1. The summed E-state index contributed by atoms with van der Waals surface area (Å²) in [5.41, 5.74) is 2.38. The van der Waals surface area contributed by atoms with Gasteiger partial charge in [0, 0.05) is 17.8 Å². The van der Waals surface area contributed by atoms with Crippen molar-refractivity contribution < 1.29 is 0 Å². The first-order valence-corrected chi connectivity index (χ1v) is 4.72. The van der Waals surface area contributed by atoms with Crippen molar-refractivity contribution in [1.29, 1.82) is 5.26 Å². The van der Waals surface area contributed by atoms with Gasteiger partial charge in [0.15, 0.2) is 0 Å². The average Bonchev–Trinajstić information content (AvgIpc) is 2.25. The molecule has 0 unspecified atom stereocenters. The number of nitrogens with one attached hydrogen (secondary N) is 1. The Morgan fingerprint density at radius 2 is 2.21 bits per heavy atom. The maximum Gasteiger partial charge on any atom is 0.0992 e. The Morgan fingerprint density at radius 1 is 1.50 bits per heavy atom. The molecule has 0 heterocycles. The molecular weight excluding hydrogens is 172 g/mol. The Balaban J connectivity index is 2.92. The maximum atomic E-state index is 8.76. The second kappa shape index (κ2) is 5.08. The topological polar surface area (TPSA) is 35.8 Å². The quantitative estimate of drug-likeness (QED) is 0.733. The molecule has 0 radical (unpaired) electrons. The molecular formula is C12H14N2. The van der Waals surface area contributed by atoms with E-state index in [2.05, 4.69) is 24.9 Å². The van der Waals surface area contributed by atoms with Crippen molar-refractivity contribution in [3.05, 3.63) is 36.4 Å². The van der Waals surface area contributed by atoms with Gasteiger partial charge in [0.05, 0.1) is 11.6 Å². The van der Waals surface area contributed by atoms with Gasteiger partial charge in [-0.15, -0.1) is 0 Å². The molecule has 2 heteroatoms. The van der Waals surface area contributed by atoms with Crippen molar-refractivity contribution in [3.8, 4) is 6.07 Å². The zero-order valence-corrected chi connectivity index (χ0v) is 8.38. The molecule has 1 aromatic rings. The zero-order chi connectivity index (χ0) is 10.4. The van der Waals surface area contributed by atoms with E-state index in [0.717, 1.165) is 24.2 Å². The zero-order valence-electron chi connectivity index (χ0n) is 8.38. The highest BCUT2D eigenvalue weighted by atomic mass is 14.9. The fourth-order valence-electron chi connectivity index (χ4n) is 1.22. The van der Waals surface area contributed by atoms with Gasteiger partial charge in [-0.3, -0.25) is 0 Å². The largest absolute Gasteiger partial charge is 0.385 e. The van der Waals surface area contributed by atoms with Crippen LogP contribution in [0.4, 0.5) is 5.69 Å². The van der Waals surface area contributed by atoms with Crippen LogP contribution in [0.2, 0.25) is 0 Å². The molecule has 72 valence electrons. The van der Waals surface area contributed by atoms with Crippen LogP contribution in [-0.4, -0.2) is 6.54 Å². The molecule has 14 heavy (non-hydrogen) atoms. The third kappa shape index (κ3) is 2.37. The smallest absolute Gasteiger partial charge is 0.0992 e. The molecule has 1 N–H and O–H groups in total. The molecule has 0 saturated carbocycles. The maximum absolute atomic E-state index is 8.76. The molecule has 0 aromatic heterocycles. The van der Waals surface area contributed by atoms with E-state index < -0.39 is 0 Å². The lowest BCUT2D eigenvalue weighted by atomic mass is 10.1. The molecule has 1 rings (SSSR count). The average molecular weight is 186 g/mol. The van der Waals surface area contributed by atoms with Gasteiger partial charge in [-0.1, -0.05) is 31.7 Å². The summed E-state index contributed by atoms with van der Waals surface area (Å²) in [5, 5.41) is 12.0. The molecule has 0 saturated heterocycles. The summed E-state index contributed by atoms with van der Waals surface area (Å²) in [6.07, 6.45) is 1.06. The van der Waals surface area contributed by atoms with Crippen LogP contribution < -0.4 is 5.32 Å². The number of allylic oxidation sites excluding steroid dienone is 1. The number of rotatable bonds is 4. The van der Waals surface area contributed by atoms with Crippen molar-refractivity contribution in [3.63, 3.8) is 0 Å². The second-order valence-electron chi connectivity index (χ2n) is 3.06. The molecule has 0 bridgehead atoms. The van der Waals surface area contributed by atoms with Crippen LogP contribution >= 0.6 is 0 Å². The Morgan fingerprint density at radius 3 is 2.86 bits per heavy atom. The molecule has 0 spiro atoms. The van der Waals surface area contributed by atoms with Crippen LogP contribution in [0, 0.1) is 11.3 Å². The summed E-state index contributed by atoms with van der Waals surface area (Å²) in [5.74, 6) is 0. The molecule has 1 aromatic carbocycles. The standard InChI is InChI=1S/C12H14N2/c1-3-8-14-12-7-5-4-6-11(12)10(2)9-13/h4-7,14H,2-3,8H2,1H3. The molecule has 0 aliphatic carbocycles. The summed E-state index contributed by atoms with van der Waals surface area (Å²) in [6.45, 7) is 6.73. The summed E-state index contributed by atoms with van der Waals surface area (Å²) in [7, 11) is 0. The van der Waals surface area contributed by atoms with Gasteiger partial charge >= 0.3 is 0 Å². The fourth-order valence-corrected chi connectivity index (χ4v) is 1.22. The summed E-state index contributed by atoms with van der Waals surface area (Å²) >= 11 is 0. The van der Waals surface area contributed by atoms with E-state index in [1.54, 1.807) is 0 Å².